The fourth-order valence-corrected chi connectivity index (χ4v) is 3.31. The zero-order valence-corrected chi connectivity index (χ0v) is 12.6. The maximum absolute atomic E-state index is 3.82. The Labute approximate surface area is 114 Å². The smallest absolute Gasteiger partial charge is 0.0224 e. The van der Waals surface area contributed by atoms with Crippen molar-refractivity contribution in [2.24, 2.45) is 11.8 Å². The zero-order chi connectivity index (χ0) is 13.0. The first kappa shape index (κ1) is 14.3. The van der Waals surface area contributed by atoms with Gasteiger partial charge in [-0.2, -0.15) is 0 Å². The van der Waals surface area contributed by atoms with Gasteiger partial charge in [0.1, 0.15) is 0 Å². The van der Waals surface area contributed by atoms with E-state index in [9.17, 15) is 0 Å². The van der Waals surface area contributed by atoms with Crippen LogP contribution in [0.5, 0.6) is 0 Å². The highest BCUT2D eigenvalue weighted by molar-refractivity contribution is 4.94. The first-order valence-corrected chi connectivity index (χ1v) is 8.18. The van der Waals surface area contributed by atoms with E-state index < -0.39 is 0 Å². The standard InChI is InChI=1S/C16H32N2/c1-4-5-6-9-18-12-16(14-7-8-14)17-11-15(18)10-13(2)3/h13-17H,4-12H2,1-3H3. The summed E-state index contributed by atoms with van der Waals surface area (Å²) in [6, 6.07) is 1.59. The topological polar surface area (TPSA) is 15.3 Å². The SMILES string of the molecule is CCCCCN1CC(C2CC2)NCC1CC(C)C. The number of nitrogens with zero attached hydrogens (tertiary/aromatic N) is 1. The summed E-state index contributed by atoms with van der Waals surface area (Å²) in [7, 11) is 0. The van der Waals surface area contributed by atoms with Gasteiger partial charge in [-0.1, -0.05) is 33.6 Å². The summed E-state index contributed by atoms with van der Waals surface area (Å²) in [5.74, 6) is 1.82. The molecule has 2 atom stereocenters. The van der Waals surface area contributed by atoms with E-state index in [-0.39, 0.29) is 0 Å². The van der Waals surface area contributed by atoms with Crippen molar-refractivity contribution in [2.75, 3.05) is 19.6 Å². The molecule has 2 fully saturated rings. The molecule has 0 bridgehead atoms. The molecule has 0 aromatic rings. The van der Waals surface area contributed by atoms with Gasteiger partial charge < -0.3 is 5.32 Å². The van der Waals surface area contributed by atoms with Gasteiger partial charge in [0.05, 0.1) is 0 Å². The van der Waals surface area contributed by atoms with E-state index in [1.807, 2.05) is 0 Å². The molecular formula is C16H32N2. The summed E-state index contributed by atoms with van der Waals surface area (Å²) >= 11 is 0. The number of nitrogens with one attached hydrogen (secondary N) is 1. The second kappa shape index (κ2) is 6.91. The number of hydrogen-bond donors (Lipinski definition) is 1. The average molecular weight is 252 g/mol. The van der Waals surface area contributed by atoms with Crippen molar-refractivity contribution in [1.29, 1.82) is 0 Å². The molecule has 106 valence electrons. The van der Waals surface area contributed by atoms with Crippen molar-refractivity contribution in [3.8, 4) is 0 Å². The van der Waals surface area contributed by atoms with Crippen LogP contribution in [0.15, 0.2) is 0 Å². The van der Waals surface area contributed by atoms with E-state index in [1.165, 1.54) is 58.2 Å². The van der Waals surface area contributed by atoms with E-state index in [0.29, 0.717) is 0 Å². The quantitative estimate of drug-likeness (QED) is 0.700. The van der Waals surface area contributed by atoms with E-state index in [2.05, 4.69) is 31.0 Å². The van der Waals surface area contributed by atoms with Crippen LogP contribution in [0, 0.1) is 11.8 Å². The van der Waals surface area contributed by atoms with E-state index in [1.54, 1.807) is 0 Å². The van der Waals surface area contributed by atoms with Crippen molar-refractivity contribution in [3.63, 3.8) is 0 Å². The van der Waals surface area contributed by atoms with Gasteiger partial charge in [-0.15, -0.1) is 0 Å². The third kappa shape index (κ3) is 4.24. The van der Waals surface area contributed by atoms with Gasteiger partial charge in [0, 0.05) is 25.2 Å². The maximum atomic E-state index is 3.82. The Morgan fingerprint density at radius 3 is 2.61 bits per heavy atom. The number of piperazine rings is 1. The molecule has 1 aliphatic carbocycles. The van der Waals surface area contributed by atoms with Crippen LogP contribution in [-0.2, 0) is 0 Å². The molecule has 2 rings (SSSR count). The van der Waals surface area contributed by atoms with Crippen molar-refractivity contribution >= 4 is 0 Å². The van der Waals surface area contributed by atoms with Gasteiger partial charge in [0.25, 0.3) is 0 Å². The molecule has 1 heterocycles. The Hall–Kier alpha value is -0.0800. The molecule has 2 aliphatic rings. The second-order valence-electron chi connectivity index (χ2n) is 6.84. The van der Waals surface area contributed by atoms with Crippen LogP contribution in [0.2, 0.25) is 0 Å². The van der Waals surface area contributed by atoms with E-state index in [0.717, 1.165) is 23.9 Å². The predicted octanol–water partition coefficient (Wildman–Crippen LogP) is 3.28. The van der Waals surface area contributed by atoms with Gasteiger partial charge in [0.15, 0.2) is 0 Å². The van der Waals surface area contributed by atoms with Crippen LogP contribution in [0.3, 0.4) is 0 Å². The van der Waals surface area contributed by atoms with Crippen LogP contribution in [-0.4, -0.2) is 36.6 Å². The summed E-state index contributed by atoms with van der Waals surface area (Å²) in [5, 5.41) is 3.82. The fourth-order valence-electron chi connectivity index (χ4n) is 3.31. The third-order valence-corrected chi connectivity index (χ3v) is 4.55. The first-order chi connectivity index (χ1) is 8.70. The molecule has 0 aromatic carbocycles. The Balaban J connectivity index is 1.83. The second-order valence-corrected chi connectivity index (χ2v) is 6.84. The predicted molar refractivity (Wildman–Crippen MR) is 78.9 cm³/mol. The summed E-state index contributed by atoms with van der Waals surface area (Å²) < 4.78 is 0. The largest absolute Gasteiger partial charge is 0.311 e. The lowest BCUT2D eigenvalue weighted by Crippen LogP contribution is -2.57. The Bertz CT molecular complexity index is 235. The minimum Gasteiger partial charge on any atom is -0.311 e. The molecule has 0 spiro atoms. The van der Waals surface area contributed by atoms with Crippen LogP contribution in [0.4, 0.5) is 0 Å². The summed E-state index contributed by atoms with van der Waals surface area (Å²) in [4.78, 5) is 2.80. The normalized spacial score (nSPS) is 30.0. The maximum Gasteiger partial charge on any atom is 0.0224 e. The number of hydrogen-bond acceptors (Lipinski definition) is 2. The number of rotatable bonds is 7. The van der Waals surface area contributed by atoms with Crippen molar-refractivity contribution in [2.45, 2.75) is 71.4 Å². The molecule has 18 heavy (non-hydrogen) atoms. The van der Waals surface area contributed by atoms with Crippen molar-refractivity contribution in [1.82, 2.24) is 10.2 Å². The molecular weight excluding hydrogens is 220 g/mol. The van der Waals surface area contributed by atoms with E-state index in [4.69, 9.17) is 0 Å². The summed E-state index contributed by atoms with van der Waals surface area (Å²) in [6.45, 7) is 10.9. The van der Waals surface area contributed by atoms with Gasteiger partial charge in [-0.25, -0.2) is 0 Å². The van der Waals surface area contributed by atoms with E-state index >= 15 is 0 Å². The highest BCUT2D eigenvalue weighted by Crippen LogP contribution is 2.34. The average Bonchev–Trinajstić information content (AvgIpc) is 3.15. The highest BCUT2D eigenvalue weighted by atomic mass is 15.2. The van der Waals surface area contributed by atoms with Gasteiger partial charge >= 0.3 is 0 Å². The van der Waals surface area contributed by atoms with Crippen LogP contribution in [0.1, 0.15) is 59.3 Å². The van der Waals surface area contributed by atoms with Crippen molar-refractivity contribution in [3.05, 3.63) is 0 Å². The lowest BCUT2D eigenvalue weighted by Gasteiger charge is -2.41. The molecule has 2 unspecified atom stereocenters. The molecule has 0 radical (unpaired) electrons. The molecule has 2 heteroatoms. The van der Waals surface area contributed by atoms with Gasteiger partial charge in [-0.3, -0.25) is 4.90 Å². The monoisotopic (exact) mass is 252 g/mol. The molecule has 1 N–H and O–H groups in total. The Morgan fingerprint density at radius 2 is 2.00 bits per heavy atom. The third-order valence-electron chi connectivity index (χ3n) is 4.55. The lowest BCUT2D eigenvalue weighted by atomic mass is 9.97. The minimum atomic E-state index is 0.789. The molecule has 0 aromatic heterocycles. The summed E-state index contributed by atoms with van der Waals surface area (Å²) in [6.07, 6.45) is 8.42. The van der Waals surface area contributed by atoms with Crippen LogP contribution in [0.25, 0.3) is 0 Å². The first-order valence-electron chi connectivity index (χ1n) is 8.18. The lowest BCUT2D eigenvalue weighted by molar-refractivity contribution is 0.105. The Kier molecular flexibility index (Phi) is 5.50. The zero-order valence-electron chi connectivity index (χ0n) is 12.6. The van der Waals surface area contributed by atoms with Crippen LogP contribution < -0.4 is 5.32 Å². The molecule has 1 saturated carbocycles. The van der Waals surface area contributed by atoms with Crippen LogP contribution >= 0.6 is 0 Å². The van der Waals surface area contributed by atoms with Gasteiger partial charge in [0.2, 0.25) is 0 Å². The molecule has 1 aliphatic heterocycles. The fraction of sp³-hybridized carbons (Fsp3) is 1.00. The minimum absolute atomic E-state index is 0.789. The van der Waals surface area contributed by atoms with Crippen molar-refractivity contribution < 1.29 is 0 Å². The molecule has 1 saturated heterocycles. The molecule has 2 nitrogen and oxygen atoms in total. The highest BCUT2D eigenvalue weighted by Gasteiger charge is 2.36. The molecule has 0 amide bonds. The Morgan fingerprint density at radius 1 is 1.22 bits per heavy atom. The summed E-state index contributed by atoms with van der Waals surface area (Å²) in [5.41, 5.74) is 0. The number of unbranched alkanes of at least 4 members (excludes halogenated alkanes) is 2. The van der Waals surface area contributed by atoms with Gasteiger partial charge in [-0.05, 0) is 44.1 Å².